The first-order valence-corrected chi connectivity index (χ1v) is 11.0. The van der Waals surface area contributed by atoms with E-state index in [-0.39, 0.29) is 5.54 Å². The van der Waals surface area contributed by atoms with Crippen molar-refractivity contribution in [2.45, 2.75) is 85.0 Å². The van der Waals surface area contributed by atoms with Crippen molar-refractivity contribution in [3.63, 3.8) is 0 Å². The van der Waals surface area contributed by atoms with E-state index in [2.05, 4.69) is 58.3 Å². The standard InChI is InChI=1S/C16H38N2Si/c1-8-13-18(14-9-2)15-16(6,7)17-19(10-3,11-4)12-5/h17H,8-15H2,1-7H3. The molecule has 19 heavy (non-hydrogen) atoms. The van der Waals surface area contributed by atoms with Gasteiger partial charge in [-0.3, -0.25) is 0 Å². The molecule has 0 aliphatic heterocycles. The average Bonchev–Trinajstić information content (AvgIpc) is 2.36. The van der Waals surface area contributed by atoms with E-state index < -0.39 is 8.24 Å². The fraction of sp³-hybridized carbons (Fsp3) is 1.00. The second kappa shape index (κ2) is 9.14. The normalized spacial score (nSPS) is 13.3. The maximum absolute atomic E-state index is 4.10. The minimum absolute atomic E-state index is 0.249. The number of rotatable bonds is 11. The van der Waals surface area contributed by atoms with Crippen molar-refractivity contribution in [1.82, 2.24) is 9.88 Å². The molecule has 0 radical (unpaired) electrons. The highest BCUT2D eigenvalue weighted by atomic mass is 28.3. The first-order valence-electron chi connectivity index (χ1n) is 8.40. The van der Waals surface area contributed by atoms with Gasteiger partial charge in [0.15, 0.2) is 0 Å². The average molecular weight is 287 g/mol. The molecule has 0 bridgehead atoms. The summed E-state index contributed by atoms with van der Waals surface area (Å²) in [5.74, 6) is 0. The molecular weight excluding hydrogens is 248 g/mol. The Morgan fingerprint density at radius 1 is 0.842 bits per heavy atom. The zero-order chi connectivity index (χ0) is 14.9. The summed E-state index contributed by atoms with van der Waals surface area (Å²) in [6.45, 7) is 20.1. The Morgan fingerprint density at radius 2 is 1.26 bits per heavy atom. The molecule has 0 aromatic rings. The molecule has 2 nitrogen and oxygen atoms in total. The molecule has 0 amide bonds. The van der Waals surface area contributed by atoms with Gasteiger partial charge >= 0.3 is 0 Å². The van der Waals surface area contributed by atoms with Gasteiger partial charge in [-0.1, -0.05) is 34.6 Å². The van der Waals surface area contributed by atoms with E-state index in [0.29, 0.717) is 0 Å². The molecule has 0 unspecified atom stereocenters. The largest absolute Gasteiger partial charge is 0.331 e. The van der Waals surface area contributed by atoms with Crippen LogP contribution in [0, 0.1) is 0 Å². The van der Waals surface area contributed by atoms with E-state index >= 15 is 0 Å². The Bertz CT molecular complexity index is 211. The Morgan fingerprint density at radius 3 is 1.58 bits per heavy atom. The van der Waals surface area contributed by atoms with Gasteiger partial charge in [0.25, 0.3) is 0 Å². The summed E-state index contributed by atoms with van der Waals surface area (Å²) in [6.07, 6.45) is 2.52. The van der Waals surface area contributed by atoms with Gasteiger partial charge in [-0.2, -0.15) is 0 Å². The fourth-order valence-electron chi connectivity index (χ4n) is 3.23. The predicted octanol–water partition coefficient (Wildman–Crippen LogP) is 4.48. The highest BCUT2D eigenvalue weighted by Gasteiger charge is 2.34. The van der Waals surface area contributed by atoms with Gasteiger partial charge in [0.1, 0.15) is 8.24 Å². The zero-order valence-electron chi connectivity index (χ0n) is 14.6. The molecule has 0 aliphatic carbocycles. The molecule has 0 saturated heterocycles. The lowest BCUT2D eigenvalue weighted by molar-refractivity contribution is 0.214. The molecular formula is C16H38N2Si. The third kappa shape index (κ3) is 6.91. The molecule has 0 heterocycles. The molecule has 0 rings (SSSR count). The number of hydrogen-bond acceptors (Lipinski definition) is 2. The van der Waals surface area contributed by atoms with E-state index in [4.69, 9.17) is 0 Å². The van der Waals surface area contributed by atoms with E-state index in [9.17, 15) is 0 Å². The number of hydrogen-bond donors (Lipinski definition) is 1. The number of nitrogens with one attached hydrogen (secondary N) is 1. The Labute approximate surface area is 123 Å². The lowest BCUT2D eigenvalue weighted by Gasteiger charge is -2.42. The van der Waals surface area contributed by atoms with Crippen molar-refractivity contribution in [2.24, 2.45) is 0 Å². The van der Waals surface area contributed by atoms with Crippen LogP contribution in [0.1, 0.15) is 61.3 Å². The van der Waals surface area contributed by atoms with Gasteiger partial charge in [0.05, 0.1) is 0 Å². The van der Waals surface area contributed by atoms with Crippen LogP contribution >= 0.6 is 0 Å². The van der Waals surface area contributed by atoms with Crippen LogP contribution in [0.5, 0.6) is 0 Å². The van der Waals surface area contributed by atoms with Crippen molar-refractivity contribution in [3.05, 3.63) is 0 Å². The van der Waals surface area contributed by atoms with Gasteiger partial charge in [0.2, 0.25) is 0 Å². The summed E-state index contributed by atoms with van der Waals surface area (Å²) >= 11 is 0. The Hall–Kier alpha value is 0.137. The van der Waals surface area contributed by atoms with E-state index in [1.165, 1.54) is 50.6 Å². The van der Waals surface area contributed by atoms with Crippen LogP contribution in [-0.2, 0) is 0 Å². The molecule has 0 spiro atoms. The van der Waals surface area contributed by atoms with E-state index in [1.54, 1.807) is 0 Å². The SMILES string of the molecule is CCCN(CCC)CC(C)(C)N[Si](CC)(CC)CC. The summed E-state index contributed by atoms with van der Waals surface area (Å²) in [5.41, 5.74) is 0.249. The third-order valence-corrected chi connectivity index (χ3v) is 9.60. The minimum Gasteiger partial charge on any atom is -0.331 e. The van der Waals surface area contributed by atoms with Crippen LogP contribution < -0.4 is 4.98 Å². The molecule has 0 aliphatic rings. The van der Waals surface area contributed by atoms with Gasteiger partial charge in [-0.25, -0.2) is 0 Å². The van der Waals surface area contributed by atoms with Gasteiger partial charge in [-0.15, -0.1) is 0 Å². The fourth-order valence-corrected chi connectivity index (χ4v) is 6.78. The predicted molar refractivity (Wildman–Crippen MR) is 91.4 cm³/mol. The molecule has 3 heteroatoms. The van der Waals surface area contributed by atoms with Crippen LogP contribution in [0.3, 0.4) is 0 Å². The molecule has 0 atom stereocenters. The van der Waals surface area contributed by atoms with E-state index in [0.717, 1.165) is 0 Å². The van der Waals surface area contributed by atoms with Gasteiger partial charge < -0.3 is 9.88 Å². The molecule has 1 N–H and O–H groups in total. The molecule has 0 fully saturated rings. The quantitative estimate of drug-likeness (QED) is 0.563. The highest BCUT2D eigenvalue weighted by molar-refractivity contribution is 6.77. The zero-order valence-corrected chi connectivity index (χ0v) is 15.6. The van der Waals surface area contributed by atoms with Crippen molar-refractivity contribution in [3.8, 4) is 0 Å². The summed E-state index contributed by atoms with van der Waals surface area (Å²) < 4.78 is 0. The first kappa shape index (κ1) is 19.1. The maximum Gasteiger partial charge on any atom is 0.125 e. The monoisotopic (exact) mass is 286 g/mol. The maximum atomic E-state index is 4.10. The lowest BCUT2D eigenvalue weighted by Crippen LogP contribution is -2.62. The second-order valence-electron chi connectivity index (χ2n) is 6.63. The summed E-state index contributed by atoms with van der Waals surface area (Å²) in [6, 6.07) is 4.06. The molecule has 0 aromatic carbocycles. The summed E-state index contributed by atoms with van der Waals surface area (Å²) in [5, 5.41) is 0. The molecule has 0 aromatic heterocycles. The minimum atomic E-state index is -1.24. The van der Waals surface area contributed by atoms with Crippen LogP contribution in [0.25, 0.3) is 0 Å². The van der Waals surface area contributed by atoms with Crippen molar-refractivity contribution in [1.29, 1.82) is 0 Å². The summed E-state index contributed by atoms with van der Waals surface area (Å²) in [4.78, 5) is 6.73. The van der Waals surface area contributed by atoms with Crippen LogP contribution in [0.15, 0.2) is 0 Å². The van der Waals surface area contributed by atoms with Gasteiger partial charge in [-0.05, 0) is 57.9 Å². The topological polar surface area (TPSA) is 15.3 Å². The molecule has 116 valence electrons. The first-order chi connectivity index (χ1) is 8.88. The van der Waals surface area contributed by atoms with Crippen LogP contribution in [-0.4, -0.2) is 38.3 Å². The second-order valence-corrected chi connectivity index (χ2v) is 11.6. The highest BCUT2D eigenvalue weighted by Crippen LogP contribution is 2.21. The van der Waals surface area contributed by atoms with Gasteiger partial charge in [0, 0.05) is 12.1 Å². The number of nitrogens with zero attached hydrogens (tertiary/aromatic N) is 1. The Balaban J connectivity index is 4.65. The molecule has 0 saturated carbocycles. The van der Waals surface area contributed by atoms with Crippen molar-refractivity contribution < 1.29 is 0 Å². The smallest absolute Gasteiger partial charge is 0.125 e. The summed E-state index contributed by atoms with van der Waals surface area (Å²) in [7, 11) is -1.24. The lowest BCUT2D eigenvalue weighted by atomic mass is 10.1. The Kier molecular flexibility index (Phi) is 9.21. The third-order valence-electron chi connectivity index (χ3n) is 4.33. The van der Waals surface area contributed by atoms with Crippen molar-refractivity contribution in [2.75, 3.05) is 19.6 Å². The van der Waals surface area contributed by atoms with Crippen LogP contribution in [0.2, 0.25) is 18.1 Å². The van der Waals surface area contributed by atoms with Crippen molar-refractivity contribution >= 4 is 8.24 Å². The van der Waals surface area contributed by atoms with Crippen LogP contribution in [0.4, 0.5) is 0 Å². The van der Waals surface area contributed by atoms with E-state index in [1.807, 2.05) is 0 Å².